The molecule has 2 aromatic carbocycles. The summed E-state index contributed by atoms with van der Waals surface area (Å²) in [6.07, 6.45) is 0.0182. The fraction of sp³-hybridized carbons (Fsp3) is 0.423. The number of nitrogens with one attached hydrogen (secondary N) is 1. The van der Waals surface area contributed by atoms with Gasteiger partial charge in [-0.15, -0.1) is 0 Å². The van der Waals surface area contributed by atoms with Gasteiger partial charge in [-0.2, -0.15) is 0 Å². The molecule has 180 valence electrons. The molecule has 1 saturated heterocycles. The lowest BCUT2D eigenvalue weighted by Gasteiger charge is -2.28. The van der Waals surface area contributed by atoms with Gasteiger partial charge in [-0.3, -0.25) is 9.59 Å². The Morgan fingerprint density at radius 1 is 1.09 bits per heavy atom. The van der Waals surface area contributed by atoms with Gasteiger partial charge in [-0.05, 0) is 28.7 Å². The fourth-order valence-corrected chi connectivity index (χ4v) is 4.80. The summed E-state index contributed by atoms with van der Waals surface area (Å²) in [6, 6.07) is 15.3. The zero-order valence-corrected chi connectivity index (χ0v) is 19.4. The van der Waals surface area contributed by atoms with Crippen molar-refractivity contribution in [1.82, 2.24) is 10.2 Å². The van der Waals surface area contributed by atoms with Crippen molar-refractivity contribution < 1.29 is 29.0 Å². The Bertz CT molecular complexity index is 1030. The second kappa shape index (κ2) is 10.3. The van der Waals surface area contributed by atoms with Gasteiger partial charge >= 0.3 is 12.1 Å². The van der Waals surface area contributed by atoms with E-state index in [-0.39, 0.29) is 38.1 Å². The third-order valence-corrected chi connectivity index (χ3v) is 6.84. The minimum Gasteiger partial charge on any atom is -0.481 e. The van der Waals surface area contributed by atoms with E-state index in [1.165, 1.54) is 4.90 Å². The summed E-state index contributed by atoms with van der Waals surface area (Å²) in [4.78, 5) is 38.2. The van der Waals surface area contributed by atoms with Gasteiger partial charge in [-0.1, -0.05) is 55.5 Å². The van der Waals surface area contributed by atoms with Crippen LogP contribution in [-0.2, 0) is 19.1 Å². The van der Waals surface area contributed by atoms with Gasteiger partial charge in [0.2, 0.25) is 5.91 Å². The van der Waals surface area contributed by atoms with Crippen LogP contribution in [0.5, 0.6) is 0 Å². The summed E-state index contributed by atoms with van der Waals surface area (Å²) in [5.74, 6) is -2.01. The van der Waals surface area contributed by atoms with Gasteiger partial charge in [0.05, 0.1) is 19.3 Å². The normalized spacial score (nSPS) is 19.7. The molecule has 3 unspecified atom stereocenters. The average Bonchev–Trinajstić information content (AvgIpc) is 3.45. The molecule has 0 aromatic heterocycles. The Balaban J connectivity index is 1.33. The molecular formula is C26H30N2O6. The maximum atomic E-state index is 12.8. The number of likely N-dealkylation sites (N-methyl/N-ethyl adjacent to an activating group) is 1. The Hall–Kier alpha value is -3.39. The van der Waals surface area contributed by atoms with Crippen LogP contribution in [0.25, 0.3) is 11.1 Å². The Labute approximate surface area is 198 Å². The first kappa shape index (κ1) is 23.8. The Morgan fingerprint density at radius 3 is 2.29 bits per heavy atom. The number of hydrogen-bond donors (Lipinski definition) is 2. The highest BCUT2D eigenvalue weighted by Crippen LogP contribution is 2.44. The van der Waals surface area contributed by atoms with Gasteiger partial charge in [0.25, 0.3) is 0 Å². The number of carboxylic acid groups (broad SMARTS) is 1. The number of carbonyl (C=O) groups is 3. The molecule has 8 heteroatoms. The predicted octanol–water partition coefficient (Wildman–Crippen LogP) is 3.25. The van der Waals surface area contributed by atoms with Crippen LogP contribution >= 0.6 is 0 Å². The standard InChI is InChI=1S/C26H30N2O6/c1-3-16(12-24(29)28(2)23-15-33-13-22(23)25(30)31)27-26(32)34-14-21-19-10-6-4-8-17(19)18-9-5-7-11-20(18)21/h4-11,16,21-23H,3,12-15H2,1-2H3,(H,27,32)(H,30,31). The zero-order chi connectivity index (χ0) is 24.2. The first-order valence-corrected chi connectivity index (χ1v) is 11.6. The Kier molecular flexibility index (Phi) is 7.17. The molecule has 0 radical (unpaired) electrons. The number of aliphatic carboxylic acids is 1. The van der Waals surface area contributed by atoms with Crippen LogP contribution in [0.1, 0.15) is 36.8 Å². The van der Waals surface area contributed by atoms with Crippen molar-refractivity contribution >= 4 is 18.0 Å². The van der Waals surface area contributed by atoms with Crippen LogP contribution in [0.15, 0.2) is 48.5 Å². The van der Waals surface area contributed by atoms with Gasteiger partial charge in [0.1, 0.15) is 12.5 Å². The first-order chi connectivity index (χ1) is 16.4. The highest BCUT2D eigenvalue weighted by molar-refractivity contribution is 5.80. The van der Waals surface area contributed by atoms with E-state index >= 15 is 0 Å². The van der Waals surface area contributed by atoms with E-state index in [0.717, 1.165) is 22.3 Å². The molecule has 2 N–H and O–H groups in total. The van der Waals surface area contributed by atoms with E-state index in [1.807, 2.05) is 31.2 Å². The Morgan fingerprint density at radius 2 is 1.71 bits per heavy atom. The summed E-state index contributed by atoms with van der Waals surface area (Å²) in [5, 5.41) is 12.1. The maximum Gasteiger partial charge on any atom is 0.407 e. The molecule has 2 amide bonds. The fourth-order valence-electron chi connectivity index (χ4n) is 4.80. The molecule has 34 heavy (non-hydrogen) atoms. The number of carboxylic acids is 1. The van der Waals surface area contributed by atoms with Crippen LogP contribution < -0.4 is 5.32 Å². The van der Waals surface area contributed by atoms with Crippen LogP contribution in [0.3, 0.4) is 0 Å². The molecule has 1 heterocycles. The van der Waals surface area contributed by atoms with Crippen LogP contribution in [0.4, 0.5) is 4.79 Å². The van der Waals surface area contributed by atoms with Crippen molar-refractivity contribution in [3.8, 4) is 11.1 Å². The molecule has 2 aromatic rings. The number of fused-ring (bicyclic) bond motifs is 3. The van der Waals surface area contributed by atoms with Gasteiger partial charge in [0, 0.05) is 25.4 Å². The molecule has 2 aliphatic rings. The largest absolute Gasteiger partial charge is 0.481 e. The van der Waals surface area contributed by atoms with E-state index in [2.05, 4.69) is 29.6 Å². The second-order valence-electron chi connectivity index (χ2n) is 8.83. The third kappa shape index (κ3) is 4.77. The average molecular weight is 467 g/mol. The van der Waals surface area contributed by atoms with E-state index in [0.29, 0.717) is 6.42 Å². The molecule has 0 saturated carbocycles. The molecule has 8 nitrogen and oxygen atoms in total. The number of amides is 2. The van der Waals surface area contributed by atoms with E-state index in [9.17, 15) is 19.5 Å². The third-order valence-electron chi connectivity index (χ3n) is 6.84. The molecule has 4 rings (SSSR count). The number of ether oxygens (including phenoxy) is 2. The summed E-state index contributed by atoms with van der Waals surface area (Å²) >= 11 is 0. The minimum absolute atomic E-state index is 0.0405. The van der Waals surface area contributed by atoms with Gasteiger partial charge in [0.15, 0.2) is 0 Å². The van der Waals surface area contributed by atoms with Crippen molar-refractivity contribution in [3.05, 3.63) is 59.7 Å². The summed E-state index contributed by atoms with van der Waals surface area (Å²) in [6.45, 7) is 2.35. The van der Waals surface area contributed by atoms with E-state index in [1.54, 1.807) is 7.05 Å². The molecule has 0 bridgehead atoms. The van der Waals surface area contributed by atoms with Crippen LogP contribution in [0.2, 0.25) is 0 Å². The van der Waals surface area contributed by atoms with Crippen molar-refractivity contribution in [2.75, 3.05) is 26.9 Å². The minimum atomic E-state index is -0.981. The van der Waals surface area contributed by atoms with Crippen molar-refractivity contribution in [3.63, 3.8) is 0 Å². The molecule has 1 aliphatic heterocycles. The van der Waals surface area contributed by atoms with Crippen molar-refractivity contribution in [2.24, 2.45) is 5.92 Å². The molecule has 1 fully saturated rings. The predicted molar refractivity (Wildman–Crippen MR) is 125 cm³/mol. The zero-order valence-electron chi connectivity index (χ0n) is 19.4. The molecule has 0 spiro atoms. The lowest BCUT2D eigenvalue weighted by atomic mass is 9.98. The number of hydrogen-bond acceptors (Lipinski definition) is 5. The molecular weight excluding hydrogens is 436 g/mol. The highest BCUT2D eigenvalue weighted by atomic mass is 16.5. The summed E-state index contributed by atoms with van der Waals surface area (Å²) < 4.78 is 10.9. The number of rotatable bonds is 8. The smallest absolute Gasteiger partial charge is 0.407 e. The van der Waals surface area contributed by atoms with Crippen LogP contribution in [0, 0.1) is 5.92 Å². The van der Waals surface area contributed by atoms with E-state index < -0.39 is 30.1 Å². The molecule has 1 aliphatic carbocycles. The van der Waals surface area contributed by atoms with Crippen molar-refractivity contribution in [2.45, 2.75) is 37.8 Å². The maximum absolute atomic E-state index is 12.8. The lowest BCUT2D eigenvalue weighted by molar-refractivity contribution is -0.144. The monoisotopic (exact) mass is 466 g/mol. The number of benzene rings is 2. The first-order valence-electron chi connectivity index (χ1n) is 11.6. The van der Waals surface area contributed by atoms with E-state index in [4.69, 9.17) is 9.47 Å². The summed E-state index contributed by atoms with van der Waals surface area (Å²) in [5.41, 5.74) is 4.57. The number of alkyl carbamates (subject to hydrolysis) is 1. The second-order valence-corrected chi connectivity index (χ2v) is 8.83. The van der Waals surface area contributed by atoms with Crippen molar-refractivity contribution in [1.29, 1.82) is 0 Å². The van der Waals surface area contributed by atoms with Gasteiger partial charge in [-0.25, -0.2) is 4.79 Å². The lowest BCUT2D eigenvalue weighted by Crippen LogP contribution is -2.46. The number of nitrogens with zero attached hydrogens (tertiary/aromatic N) is 1. The SMILES string of the molecule is CCC(CC(=O)N(C)C1COCC1C(=O)O)NC(=O)OCC1c2ccccc2-c2ccccc21. The topological polar surface area (TPSA) is 105 Å². The quantitative estimate of drug-likeness (QED) is 0.619. The highest BCUT2D eigenvalue weighted by Gasteiger charge is 2.38. The molecule has 3 atom stereocenters. The van der Waals surface area contributed by atoms with Gasteiger partial charge < -0.3 is 24.8 Å². The number of carbonyl (C=O) groups excluding carboxylic acids is 2. The summed E-state index contributed by atoms with van der Waals surface area (Å²) in [7, 11) is 1.58. The van der Waals surface area contributed by atoms with Crippen LogP contribution in [-0.4, -0.2) is 66.9 Å².